The molecule has 0 saturated carbocycles. The molecular weight excluding hydrogens is 284 g/mol. The maximum absolute atomic E-state index is 11.6. The van der Waals surface area contributed by atoms with Crippen LogP contribution in [0.4, 0.5) is 0 Å². The number of allylic oxidation sites excluding steroid dienone is 4. The van der Waals surface area contributed by atoms with Crippen LogP contribution in [0.5, 0.6) is 0 Å². The van der Waals surface area contributed by atoms with Gasteiger partial charge in [0.05, 0.1) is 5.70 Å². The Morgan fingerprint density at radius 3 is 2.61 bits per heavy atom. The van der Waals surface area contributed by atoms with E-state index in [-0.39, 0.29) is 5.78 Å². The molecule has 0 saturated heterocycles. The van der Waals surface area contributed by atoms with E-state index in [1.807, 2.05) is 45.0 Å². The lowest BCUT2D eigenvalue weighted by Gasteiger charge is -2.07. The molecule has 3 heteroatoms. The molecule has 0 N–H and O–H groups in total. The quantitative estimate of drug-likeness (QED) is 0.569. The van der Waals surface area contributed by atoms with Gasteiger partial charge in [0, 0.05) is 33.8 Å². The fourth-order valence-electron chi connectivity index (χ4n) is 2.56. The van der Waals surface area contributed by atoms with Gasteiger partial charge < -0.3 is 0 Å². The highest BCUT2D eigenvalue weighted by molar-refractivity contribution is 6.24. The Labute approximate surface area is 137 Å². The topological polar surface area (TPSA) is 41.8 Å². The zero-order valence-electron chi connectivity index (χ0n) is 14.2. The van der Waals surface area contributed by atoms with Crippen molar-refractivity contribution >= 4 is 22.9 Å². The lowest BCUT2D eigenvalue weighted by atomic mass is 10.1. The molecule has 0 atom stereocenters. The molecule has 1 aliphatic rings. The first kappa shape index (κ1) is 16.8. The first-order valence-corrected chi connectivity index (χ1v) is 7.67. The van der Waals surface area contributed by atoms with Crippen molar-refractivity contribution < 1.29 is 4.79 Å². The van der Waals surface area contributed by atoms with Crippen LogP contribution in [-0.2, 0) is 0 Å². The Kier molecular flexibility index (Phi) is 5.22. The summed E-state index contributed by atoms with van der Waals surface area (Å²) in [5.41, 5.74) is 6.22. The highest BCUT2D eigenvalue weighted by Gasteiger charge is 2.11. The lowest BCUT2D eigenvalue weighted by Crippen LogP contribution is -2.07. The largest absolute Gasteiger partial charge is 0.295 e. The smallest absolute Gasteiger partial charge is 0.159 e. The van der Waals surface area contributed by atoms with Crippen molar-refractivity contribution in [1.82, 2.24) is 0 Å². The molecule has 1 heterocycles. The summed E-state index contributed by atoms with van der Waals surface area (Å²) >= 11 is 0. The number of hydrogen-bond donors (Lipinski definition) is 0. The molecule has 0 unspecified atom stereocenters. The molecule has 1 aromatic carbocycles. The van der Waals surface area contributed by atoms with Gasteiger partial charge in [0.1, 0.15) is 0 Å². The van der Waals surface area contributed by atoms with Crippen molar-refractivity contribution in [1.29, 1.82) is 0 Å². The normalized spacial score (nSPS) is 15.3. The van der Waals surface area contributed by atoms with Crippen molar-refractivity contribution in [3.63, 3.8) is 0 Å². The minimum absolute atomic E-state index is 0.0602. The third kappa shape index (κ3) is 4.22. The van der Waals surface area contributed by atoms with Gasteiger partial charge in [-0.15, -0.1) is 0 Å². The molecule has 23 heavy (non-hydrogen) atoms. The fraction of sp³-hybridized carbons (Fsp3) is 0.250. The number of Topliss-reactive ketones (excluding diaryl/α,β-unsaturated/α-hetero) is 1. The predicted octanol–water partition coefficient (Wildman–Crippen LogP) is 5.02. The van der Waals surface area contributed by atoms with E-state index in [9.17, 15) is 4.79 Å². The van der Waals surface area contributed by atoms with Crippen molar-refractivity contribution in [2.45, 2.75) is 34.1 Å². The van der Waals surface area contributed by atoms with Crippen LogP contribution < -0.4 is 0 Å². The van der Waals surface area contributed by atoms with E-state index >= 15 is 0 Å². The Bertz CT molecular complexity index is 777. The van der Waals surface area contributed by atoms with Crippen LogP contribution in [-0.4, -0.2) is 17.2 Å². The summed E-state index contributed by atoms with van der Waals surface area (Å²) in [6, 6.07) is 7.59. The maximum atomic E-state index is 11.6. The van der Waals surface area contributed by atoms with Crippen molar-refractivity contribution in [2.24, 2.45) is 9.98 Å². The van der Waals surface area contributed by atoms with E-state index < -0.39 is 0 Å². The van der Waals surface area contributed by atoms with E-state index in [0.717, 1.165) is 40.4 Å². The number of carbonyl (C=O) groups is 1. The third-order valence-electron chi connectivity index (χ3n) is 3.62. The highest BCUT2D eigenvalue weighted by atomic mass is 16.1. The number of nitrogens with zero attached hydrogens (tertiary/aromatic N) is 2. The number of carbonyl (C=O) groups excluding carboxylic acids is 1. The van der Waals surface area contributed by atoms with E-state index in [4.69, 9.17) is 4.99 Å². The predicted molar refractivity (Wildman–Crippen MR) is 98.2 cm³/mol. The number of ketones is 1. The van der Waals surface area contributed by atoms with Gasteiger partial charge in [0.25, 0.3) is 0 Å². The van der Waals surface area contributed by atoms with Crippen LogP contribution in [0, 0.1) is 0 Å². The van der Waals surface area contributed by atoms with E-state index in [1.165, 1.54) is 0 Å². The Hall–Kier alpha value is -2.55. The summed E-state index contributed by atoms with van der Waals surface area (Å²) in [6.45, 7) is 11.2. The maximum Gasteiger partial charge on any atom is 0.159 e. The number of aliphatic imine (C=N–C) groups is 2. The van der Waals surface area contributed by atoms with Gasteiger partial charge in [0.2, 0.25) is 0 Å². The minimum Gasteiger partial charge on any atom is -0.295 e. The zero-order valence-corrected chi connectivity index (χ0v) is 14.2. The molecular formula is C20H22N2O. The van der Waals surface area contributed by atoms with Crippen molar-refractivity contribution in [3.8, 4) is 0 Å². The third-order valence-corrected chi connectivity index (χ3v) is 3.62. The van der Waals surface area contributed by atoms with Gasteiger partial charge in [-0.05, 0) is 40.2 Å². The monoisotopic (exact) mass is 306 g/mol. The van der Waals surface area contributed by atoms with Crippen LogP contribution in [0.2, 0.25) is 0 Å². The van der Waals surface area contributed by atoms with Crippen LogP contribution in [0.1, 0.15) is 50.0 Å². The first-order chi connectivity index (χ1) is 10.9. The van der Waals surface area contributed by atoms with Crippen LogP contribution in [0.15, 0.2) is 64.3 Å². The second kappa shape index (κ2) is 7.14. The molecule has 0 amide bonds. The number of benzene rings is 1. The summed E-state index contributed by atoms with van der Waals surface area (Å²) in [6.07, 6.45) is 4.98. The van der Waals surface area contributed by atoms with Gasteiger partial charge in [-0.3, -0.25) is 14.8 Å². The second-order valence-electron chi connectivity index (χ2n) is 5.71. The molecule has 118 valence electrons. The van der Waals surface area contributed by atoms with E-state index in [0.29, 0.717) is 5.56 Å². The molecule has 0 aromatic heterocycles. The van der Waals surface area contributed by atoms with E-state index in [2.05, 4.69) is 23.7 Å². The van der Waals surface area contributed by atoms with Crippen molar-refractivity contribution in [2.75, 3.05) is 0 Å². The number of hydrogen-bond acceptors (Lipinski definition) is 3. The molecule has 3 nitrogen and oxygen atoms in total. The van der Waals surface area contributed by atoms with Crippen molar-refractivity contribution in [3.05, 3.63) is 65.4 Å². The Balaban J connectivity index is 2.37. The van der Waals surface area contributed by atoms with Gasteiger partial charge in [-0.2, -0.15) is 0 Å². The molecule has 0 bridgehead atoms. The highest BCUT2D eigenvalue weighted by Crippen LogP contribution is 2.23. The lowest BCUT2D eigenvalue weighted by molar-refractivity contribution is 0.101. The molecule has 2 rings (SSSR count). The van der Waals surface area contributed by atoms with Crippen LogP contribution in [0.25, 0.3) is 5.70 Å². The molecule has 1 aromatic rings. The summed E-state index contributed by atoms with van der Waals surface area (Å²) in [5.74, 6) is 0.0602. The average Bonchev–Trinajstić information content (AvgIpc) is 2.68. The van der Waals surface area contributed by atoms with E-state index in [1.54, 1.807) is 6.92 Å². The number of rotatable bonds is 4. The average molecular weight is 306 g/mol. The second-order valence-corrected chi connectivity index (χ2v) is 5.71. The van der Waals surface area contributed by atoms with Gasteiger partial charge >= 0.3 is 0 Å². The van der Waals surface area contributed by atoms with Crippen LogP contribution >= 0.6 is 0 Å². The van der Waals surface area contributed by atoms with Gasteiger partial charge in [0.15, 0.2) is 5.78 Å². The molecule has 0 spiro atoms. The first-order valence-electron chi connectivity index (χ1n) is 7.67. The summed E-state index contributed by atoms with van der Waals surface area (Å²) in [4.78, 5) is 20.7. The van der Waals surface area contributed by atoms with Gasteiger partial charge in [-0.1, -0.05) is 36.9 Å². The SMILES string of the molecule is C=C(C)/N=C(/C)C1=CCC=C(c2cccc(C(C)=O)c2)N=C1C. The summed E-state index contributed by atoms with van der Waals surface area (Å²) in [5, 5.41) is 0. The molecule has 0 aliphatic carbocycles. The Morgan fingerprint density at radius 2 is 1.96 bits per heavy atom. The van der Waals surface area contributed by atoms with Gasteiger partial charge in [-0.25, -0.2) is 0 Å². The molecule has 0 radical (unpaired) electrons. The molecule has 0 fully saturated rings. The standard InChI is InChI=1S/C20H22N2O/c1-13(2)21-14(3)19-10-7-11-20(22-15(19)4)18-9-6-8-17(12-18)16(5)23/h6,8-12H,1,7H2,2-5H3/b21-14-. The summed E-state index contributed by atoms with van der Waals surface area (Å²) in [7, 11) is 0. The molecule has 1 aliphatic heterocycles. The summed E-state index contributed by atoms with van der Waals surface area (Å²) < 4.78 is 0. The Morgan fingerprint density at radius 1 is 1.22 bits per heavy atom. The van der Waals surface area contributed by atoms with Crippen LogP contribution in [0.3, 0.4) is 0 Å². The fourth-order valence-corrected chi connectivity index (χ4v) is 2.56. The zero-order chi connectivity index (χ0) is 17.0. The minimum atomic E-state index is 0.0602.